The Balaban J connectivity index is 2.66. The van der Waals surface area contributed by atoms with Crippen molar-refractivity contribution in [2.24, 2.45) is 0 Å². The third-order valence-corrected chi connectivity index (χ3v) is 3.65. The third-order valence-electron chi connectivity index (χ3n) is 3.34. The Kier molecular flexibility index (Phi) is 4.16. The standard InChI is InChI=1S/C15H22ClN3/c1-5-10-19-13-11(16)8-7-9-12(13)18-14(19)15(3,4)17-6-2/h7-9,17H,5-6,10H2,1-4H3. The summed E-state index contributed by atoms with van der Waals surface area (Å²) >= 11 is 6.36. The maximum absolute atomic E-state index is 6.36. The van der Waals surface area contributed by atoms with E-state index in [0.29, 0.717) is 0 Å². The van der Waals surface area contributed by atoms with Gasteiger partial charge in [0.15, 0.2) is 0 Å². The SMILES string of the molecule is CCCn1c(C(C)(C)NCC)nc2cccc(Cl)c21. The highest BCUT2D eigenvalue weighted by Crippen LogP contribution is 2.29. The minimum atomic E-state index is -0.160. The molecule has 0 saturated heterocycles. The number of fused-ring (bicyclic) bond motifs is 1. The predicted octanol–water partition coefficient (Wildman–Crippen LogP) is 3.94. The minimum Gasteiger partial charge on any atom is -0.325 e. The van der Waals surface area contributed by atoms with E-state index < -0.39 is 0 Å². The maximum Gasteiger partial charge on any atom is 0.129 e. The van der Waals surface area contributed by atoms with Gasteiger partial charge in [-0.1, -0.05) is 31.5 Å². The molecule has 1 aromatic carbocycles. The molecular weight excluding hydrogens is 258 g/mol. The summed E-state index contributed by atoms with van der Waals surface area (Å²) in [4.78, 5) is 4.80. The van der Waals surface area contributed by atoms with Crippen molar-refractivity contribution in [3.8, 4) is 0 Å². The van der Waals surface area contributed by atoms with Crippen LogP contribution in [0.15, 0.2) is 18.2 Å². The molecule has 0 bridgehead atoms. The molecule has 19 heavy (non-hydrogen) atoms. The molecule has 0 aliphatic heterocycles. The lowest BCUT2D eigenvalue weighted by atomic mass is 10.0. The number of halogens is 1. The van der Waals surface area contributed by atoms with Gasteiger partial charge in [0.2, 0.25) is 0 Å². The van der Waals surface area contributed by atoms with Crippen molar-refractivity contribution in [3.63, 3.8) is 0 Å². The Morgan fingerprint density at radius 3 is 2.68 bits per heavy atom. The molecule has 1 N–H and O–H groups in total. The van der Waals surface area contributed by atoms with E-state index in [-0.39, 0.29) is 5.54 Å². The second kappa shape index (κ2) is 5.51. The summed E-state index contributed by atoms with van der Waals surface area (Å²) < 4.78 is 2.25. The second-order valence-corrected chi connectivity index (χ2v) is 5.76. The number of hydrogen-bond acceptors (Lipinski definition) is 2. The summed E-state index contributed by atoms with van der Waals surface area (Å²) in [7, 11) is 0. The molecule has 2 aromatic rings. The highest BCUT2D eigenvalue weighted by atomic mass is 35.5. The summed E-state index contributed by atoms with van der Waals surface area (Å²) in [6.07, 6.45) is 1.06. The monoisotopic (exact) mass is 279 g/mol. The molecule has 0 saturated carbocycles. The van der Waals surface area contributed by atoms with Crippen molar-refractivity contribution in [2.45, 2.75) is 46.2 Å². The van der Waals surface area contributed by atoms with Crippen molar-refractivity contribution >= 4 is 22.6 Å². The fourth-order valence-electron chi connectivity index (χ4n) is 2.58. The molecule has 0 aliphatic carbocycles. The molecule has 0 aliphatic rings. The van der Waals surface area contributed by atoms with E-state index >= 15 is 0 Å². The Morgan fingerprint density at radius 2 is 2.05 bits per heavy atom. The van der Waals surface area contributed by atoms with Crippen LogP contribution in [0, 0.1) is 0 Å². The molecule has 0 radical (unpaired) electrons. The smallest absolute Gasteiger partial charge is 0.129 e. The van der Waals surface area contributed by atoms with Gasteiger partial charge in [-0.15, -0.1) is 0 Å². The highest BCUT2D eigenvalue weighted by Gasteiger charge is 2.27. The number of aryl methyl sites for hydroxylation is 1. The molecular formula is C15H22ClN3. The van der Waals surface area contributed by atoms with Crippen molar-refractivity contribution < 1.29 is 0 Å². The first kappa shape index (κ1) is 14.4. The number of rotatable bonds is 5. The molecule has 2 rings (SSSR count). The van der Waals surface area contributed by atoms with Crippen LogP contribution >= 0.6 is 11.6 Å². The number of imidazole rings is 1. The van der Waals surface area contributed by atoms with E-state index in [2.05, 4.69) is 37.6 Å². The number of para-hydroxylation sites is 1. The largest absolute Gasteiger partial charge is 0.325 e. The fraction of sp³-hybridized carbons (Fsp3) is 0.533. The van der Waals surface area contributed by atoms with Gasteiger partial charge in [0, 0.05) is 6.54 Å². The second-order valence-electron chi connectivity index (χ2n) is 5.35. The zero-order chi connectivity index (χ0) is 14.0. The fourth-order valence-corrected chi connectivity index (χ4v) is 2.85. The molecule has 104 valence electrons. The average molecular weight is 280 g/mol. The van der Waals surface area contributed by atoms with E-state index in [1.165, 1.54) is 0 Å². The number of hydrogen-bond donors (Lipinski definition) is 1. The van der Waals surface area contributed by atoms with Crippen LogP contribution in [0.2, 0.25) is 5.02 Å². The zero-order valence-electron chi connectivity index (χ0n) is 12.1. The van der Waals surface area contributed by atoms with Crippen molar-refractivity contribution in [3.05, 3.63) is 29.0 Å². The van der Waals surface area contributed by atoms with Crippen molar-refractivity contribution in [2.75, 3.05) is 6.54 Å². The Morgan fingerprint density at radius 1 is 1.32 bits per heavy atom. The van der Waals surface area contributed by atoms with Gasteiger partial charge in [-0.05, 0) is 38.9 Å². The molecule has 1 heterocycles. The Labute approximate surface area is 120 Å². The summed E-state index contributed by atoms with van der Waals surface area (Å²) in [5.74, 6) is 1.05. The van der Waals surface area contributed by atoms with Gasteiger partial charge in [-0.3, -0.25) is 0 Å². The van der Waals surface area contributed by atoms with E-state index in [0.717, 1.165) is 41.4 Å². The van der Waals surface area contributed by atoms with Crippen LogP contribution in [0.3, 0.4) is 0 Å². The topological polar surface area (TPSA) is 29.9 Å². The molecule has 0 fully saturated rings. The van der Waals surface area contributed by atoms with E-state index in [1.54, 1.807) is 0 Å². The first-order valence-corrected chi connectivity index (χ1v) is 7.29. The summed E-state index contributed by atoms with van der Waals surface area (Å²) in [5.41, 5.74) is 1.86. The highest BCUT2D eigenvalue weighted by molar-refractivity contribution is 6.35. The quantitative estimate of drug-likeness (QED) is 0.898. The van der Waals surface area contributed by atoms with Gasteiger partial charge in [-0.25, -0.2) is 4.98 Å². The molecule has 0 atom stereocenters. The molecule has 0 spiro atoms. The normalized spacial score (nSPS) is 12.3. The lowest BCUT2D eigenvalue weighted by molar-refractivity contribution is 0.375. The van der Waals surface area contributed by atoms with E-state index in [1.807, 2.05) is 18.2 Å². The third kappa shape index (κ3) is 2.63. The zero-order valence-corrected chi connectivity index (χ0v) is 12.9. The van der Waals surface area contributed by atoms with E-state index in [9.17, 15) is 0 Å². The predicted molar refractivity (Wildman–Crippen MR) is 81.7 cm³/mol. The molecule has 3 nitrogen and oxygen atoms in total. The van der Waals surface area contributed by atoms with Crippen LogP contribution in [0.5, 0.6) is 0 Å². The van der Waals surface area contributed by atoms with Gasteiger partial charge in [0.25, 0.3) is 0 Å². The summed E-state index contributed by atoms with van der Waals surface area (Å²) in [6.45, 7) is 10.5. The number of nitrogens with one attached hydrogen (secondary N) is 1. The average Bonchev–Trinajstić information content (AvgIpc) is 2.71. The first-order valence-electron chi connectivity index (χ1n) is 6.91. The molecule has 4 heteroatoms. The number of benzene rings is 1. The summed E-state index contributed by atoms with van der Waals surface area (Å²) in [6, 6.07) is 5.92. The first-order chi connectivity index (χ1) is 9.01. The molecule has 0 amide bonds. The van der Waals surface area contributed by atoms with E-state index in [4.69, 9.17) is 16.6 Å². The van der Waals surface area contributed by atoms with Crippen LogP contribution in [-0.4, -0.2) is 16.1 Å². The van der Waals surface area contributed by atoms with Crippen LogP contribution in [0.4, 0.5) is 0 Å². The molecule has 0 unspecified atom stereocenters. The van der Waals surface area contributed by atoms with Gasteiger partial charge in [-0.2, -0.15) is 0 Å². The lowest BCUT2D eigenvalue weighted by Gasteiger charge is -2.26. The Bertz CT molecular complexity index is 572. The van der Waals surface area contributed by atoms with Gasteiger partial charge < -0.3 is 9.88 Å². The minimum absolute atomic E-state index is 0.160. The molecule has 1 aromatic heterocycles. The lowest BCUT2D eigenvalue weighted by Crippen LogP contribution is -2.39. The van der Waals surface area contributed by atoms with Crippen LogP contribution in [0.1, 0.15) is 39.9 Å². The van der Waals surface area contributed by atoms with Gasteiger partial charge >= 0.3 is 0 Å². The maximum atomic E-state index is 6.36. The van der Waals surface area contributed by atoms with Crippen molar-refractivity contribution in [1.82, 2.24) is 14.9 Å². The van der Waals surface area contributed by atoms with Crippen LogP contribution in [-0.2, 0) is 12.1 Å². The van der Waals surface area contributed by atoms with Crippen LogP contribution < -0.4 is 5.32 Å². The van der Waals surface area contributed by atoms with Crippen LogP contribution in [0.25, 0.3) is 11.0 Å². The number of aromatic nitrogens is 2. The van der Waals surface area contributed by atoms with Crippen molar-refractivity contribution in [1.29, 1.82) is 0 Å². The summed E-state index contributed by atoms with van der Waals surface area (Å²) in [5, 5.41) is 4.27. The Hall–Kier alpha value is -1.06. The van der Waals surface area contributed by atoms with Gasteiger partial charge in [0.05, 0.1) is 21.6 Å². The number of nitrogens with zero attached hydrogens (tertiary/aromatic N) is 2. The van der Waals surface area contributed by atoms with Gasteiger partial charge in [0.1, 0.15) is 5.82 Å².